The Morgan fingerprint density at radius 1 is 1.22 bits per heavy atom. The summed E-state index contributed by atoms with van der Waals surface area (Å²) in [6.07, 6.45) is 0. The summed E-state index contributed by atoms with van der Waals surface area (Å²) < 4.78 is 5.30. The molecular weight excluding hydrogens is 230 g/mol. The zero-order chi connectivity index (χ0) is 13.0. The maximum absolute atomic E-state index is 10.8. The number of benzene rings is 1. The fourth-order valence-electron chi connectivity index (χ4n) is 1.76. The second-order valence-electron chi connectivity index (χ2n) is 3.94. The first-order valence-corrected chi connectivity index (χ1v) is 5.82. The molecule has 4 nitrogen and oxygen atoms in total. The molecule has 0 bridgehead atoms. The highest BCUT2D eigenvalue weighted by molar-refractivity contribution is 5.84. The lowest BCUT2D eigenvalue weighted by atomic mass is 10.2. The Morgan fingerprint density at radius 2 is 1.94 bits per heavy atom. The molecule has 0 aliphatic carbocycles. The average molecular weight is 245 g/mol. The van der Waals surface area contributed by atoms with E-state index in [0.717, 1.165) is 12.1 Å². The molecule has 2 rings (SSSR count). The van der Waals surface area contributed by atoms with Gasteiger partial charge in [-0.15, -0.1) is 0 Å². The Morgan fingerprint density at radius 3 is 2.50 bits per heavy atom. The van der Waals surface area contributed by atoms with Crippen molar-refractivity contribution in [3.05, 3.63) is 53.8 Å². The van der Waals surface area contributed by atoms with Gasteiger partial charge in [-0.25, -0.2) is 4.79 Å². The predicted octanol–water partition coefficient (Wildman–Crippen LogP) is 3.00. The maximum Gasteiger partial charge on any atom is 0.371 e. The van der Waals surface area contributed by atoms with Crippen LogP contribution in [0, 0.1) is 0 Å². The van der Waals surface area contributed by atoms with Crippen LogP contribution in [0.15, 0.2) is 46.9 Å². The molecule has 94 valence electrons. The molecule has 0 unspecified atom stereocenters. The highest BCUT2D eigenvalue weighted by atomic mass is 16.4. The quantitative estimate of drug-likeness (QED) is 0.879. The van der Waals surface area contributed by atoms with Gasteiger partial charge in [-0.2, -0.15) is 0 Å². The first-order valence-electron chi connectivity index (χ1n) is 5.82. The lowest BCUT2D eigenvalue weighted by Gasteiger charge is -2.19. The summed E-state index contributed by atoms with van der Waals surface area (Å²) in [4.78, 5) is 12.8. The average Bonchev–Trinajstić information content (AvgIpc) is 2.87. The van der Waals surface area contributed by atoms with Crippen molar-refractivity contribution in [2.45, 2.75) is 13.5 Å². The zero-order valence-corrected chi connectivity index (χ0v) is 10.2. The van der Waals surface area contributed by atoms with Gasteiger partial charge in [0.25, 0.3) is 0 Å². The number of anilines is 1. The van der Waals surface area contributed by atoms with Crippen molar-refractivity contribution >= 4 is 11.9 Å². The number of aromatic carboxylic acids is 1. The van der Waals surface area contributed by atoms with Crippen LogP contribution in [0.25, 0.3) is 0 Å². The van der Waals surface area contributed by atoms with Crippen molar-refractivity contribution in [1.29, 1.82) is 0 Å². The molecule has 1 aromatic heterocycles. The van der Waals surface area contributed by atoms with E-state index in [1.165, 1.54) is 6.07 Å². The van der Waals surface area contributed by atoms with Gasteiger partial charge in [-0.3, -0.25) is 0 Å². The Bertz CT molecular complexity index is 519. The molecule has 0 aliphatic heterocycles. The summed E-state index contributed by atoms with van der Waals surface area (Å²) in [6, 6.07) is 13.2. The Hall–Kier alpha value is -2.23. The maximum atomic E-state index is 10.8. The van der Waals surface area contributed by atoms with Crippen molar-refractivity contribution in [1.82, 2.24) is 0 Å². The largest absolute Gasteiger partial charge is 0.475 e. The molecule has 0 atom stereocenters. The summed E-state index contributed by atoms with van der Waals surface area (Å²) in [5.74, 6) is -0.493. The first-order chi connectivity index (χ1) is 8.70. The number of rotatable bonds is 5. The molecular formula is C14H15NO3. The lowest BCUT2D eigenvalue weighted by Crippen LogP contribution is -2.21. The molecule has 4 heteroatoms. The Labute approximate surface area is 105 Å². The van der Waals surface area contributed by atoms with E-state index in [1.54, 1.807) is 6.07 Å². The minimum absolute atomic E-state index is 0.0310. The topological polar surface area (TPSA) is 53.7 Å². The van der Waals surface area contributed by atoms with Crippen molar-refractivity contribution in [2.24, 2.45) is 0 Å². The number of nitrogens with zero attached hydrogens (tertiary/aromatic N) is 1. The van der Waals surface area contributed by atoms with Crippen molar-refractivity contribution < 1.29 is 14.3 Å². The molecule has 18 heavy (non-hydrogen) atoms. The van der Waals surface area contributed by atoms with Crippen LogP contribution in [0.1, 0.15) is 23.0 Å². The van der Waals surface area contributed by atoms with E-state index >= 15 is 0 Å². The molecule has 2 aromatic rings. The SMILES string of the molecule is CCN(Cc1ccccc1)c1ccc(C(=O)O)o1. The Balaban J connectivity index is 2.15. The van der Waals surface area contributed by atoms with Gasteiger partial charge in [0.2, 0.25) is 5.76 Å². The van der Waals surface area contributed by atoms with Crippen LogP contribution in [-0.4, -0.2) is 17.6 Å². The number of hydrogen-bond acceptors (Lipinski definition) is 3. The van der Waals surface area contributed by atoms with Crippen LogP contribution in [-0.2, 0) is 6.54 Å². The summed E-state index contributed by atoms with van der Waals surface area (Å²) >= 11 is 0. The van der Waals surface area contributed by atoms with E-state index in [0.29, 0.717) is 12.4 Å². The number of carboxylic acids is 1. The monoisotopic (exact) mass is 245 g/mol. The summed E-state index contributed by atoms with van der Waals surface area (Å²) in [5, 5.41) is 8.83. The molecule has 0 radical (unpaired) electrons. The number of carboxylic acid groups (broad SMARTS) is 1. The van der Waals surface area contributed by atoms with E-state index < -0.39 is 5.97 Å². The van der Waals surface area contributed by atoms with Crippen LogP contribution in [0.4, 0.5) is 5.88 Å². The zero-order valence-electron chi connectivity index (χ0n) is 10.2. The highest BCUT2D eigenvalue weighted by Gasteiger charge is 2.13. The van der Waals surface area contributed by atoms with E-state index in [4.69, 9.17) is 9.52 Å². The van der Waals surface area contributed by atoms with E-state index in [2.05, 4.69) is 0 Å². The molecule has 0 fully saturated rings. The molecule has 1 heterocycles. The number of furan rings is 1. The minimum atomic E-state index is -1.04. The van der Waals surface area contributed by atoms with Gasteiger partial charge >= 0.3 is 5.97 Å². The second kappa shape index (κ2) is 5.40. The molecule has 0 saturated carbocycles. The van der Waals surface area contributed by atoms with Crippen LogP contribution in [0.5, 0.6) is 0 Å². The van der Waals surface area contributed by atoms with Crippen molar-refractivity contribution in [2.75, 3.05) is 11.4 Å². The predicted molar refractivity (Wildman–Crippen MR) is 68.8 cm³/mol. The van der Waals surface area contributed by atoms with Gasteiger partial charge in [0.05, 0.1) is 0 Å². The fourth-order valence-corrected chi connectivity index (χ4v) is 1.76. The number of hydrogen-bond donors (Lipinski definition) is 1. The van der Waals surface area contributed by atoms with Gasteiger partial charge in [0.15, 0.2) is 5.88 Å². The molecule has 1 N–H and O–H groups in total. The highest BCUT2D eigenvalue weighted by Crippen LogP contribution is 2.20. The molecule has 0 saturated heterocycles. The third-order valence-electron chi connectivity index (χ3n) is 2.71. The van der Waals surface area contributed by atoms with Gasteiger partial charge in [0, 0.05) is 19.2 Å². The second-order valence-corrected chi connectivity index (χ2v) is 3.94. The van der Waals surface area contributed by atoms with Crippen LogP contribution < -0.4 is 4.90 Å². The summed E-state index contributed by atoms with van der Waals surface area (Å²) in [6.45, 7) is 3.46. The lowest BCUT2D eigenvalue weighted by molar-refractivity contribution is 0.0663. The van der Waals surface area contributed by atoms with E-state index in [-0.39, 0.29) is 5.76 Å². The molecule has 1 aromatic carbocycles. The van der Waals surface area contributed by atoms with Gasteiger partial charge in [0.1, 0.15) is 0 Å². The molecule has 0 amide bonds. The summed E-state index contributed by atoms with van der Waals surface area (Å²) in [7, 11) is 0. The third-order valence-corrected chi connectivity index (χ3v) is 2.71. The Kier molecular flexibility index (Phi) is 3.67. The first kappa shape index (κ1) is 12.2. The van der Waals surface area contributed by atoms with E-state index in [1.807, 2.05) is 42.2 Å². The van der Waals surface area contributed by atoms with Gasteiger partial charge < -0.3 is 14.4 Å². The summed E-state index contributed by atoms with van der Waals surface area (Å²) in [5.41, 5.74) is 1.16. The fraction of sp³-hybridized carbons (Fsp3) is 0.214. The standard InChI is InChI=1S/C14H15NO3/c1-2-15(10-11-6-4-3-5-7-11)13-9-8-12(18-13)14(16)17/h3-9H,2,10H2,1H3,(H,16,17). The molecule has 0 spiro atoms. The number of carbonyl (C=O) groups is 1. The smallest absolute Gasteiger partial charge is 0.371 e. The molecule has 0 aliphatic rings. The van der Waals surface area contributed by atoms with Crippen molar-refractivity contribution in [3.8, 4) is 0 Å². The van der Waals surface area contributed by atoms with E-state index in [9.17, 15) is 4.79 Å². The van der Waals surface area contributed by atoms with Gasteiger partial charge in [-0.05, 0) is 18.6 Å². The van der Waals surface area contributed by atoms with Crippen molar-refractivity contribution in [3.63, 3.8) is 0 Å². The third kappa shape index (κ3) is 2.71. The normalized spacial score (nSPS) is 10.3. The minimum Gasteiger partial charge on any atom is -0.475 e. The van der Waals surface area contributed by atoms with Gasteiger partial charge in [-0.1, -0.05) is 30.3 Å². The van der Waals surface area contributed by atoms with Crippen LogP contribution in [0.3, 0.4) is 0 Å². The van der Waals surface area contributed by atoms with Crippen LogP contribution >= 0.6 is 0 Å². The van der Waals surface area contributed by atoms with Crippen LogP contribution in [0.2, 0.25) is 0 Å².